The summed E-state index contributed by atoms with van der Waals surface area (Å²) in [6.07, 6.45) is 2.50. The SMILES string of the molecule is C=[C]C[S]. The van der Waals surface area contributed by atoms with Crippen molar-refractivity contribution in [1.82, 2.24) is 0 Å². The van der Waals surface area contributed by atoms with Crippen LogP contribution in [0.2, 0.25) is 0 Å². The van der Waals surface area contributed by atoms with Crippen LogP contribution in [0.25, 0.3) is 0 Å². The van der Waals surface area contributed by atoms with Crippen molar-refractivity contribution in [2.24, 2.45) is 0 Å². The van der Waals surface area contributed by atoms with Crippen molar-refractivity contribution in [2.45, 2.75) is 0 Å². The molecule has 0 saturated carbocycles. The maximum absolute atomic E-state index is 4.38. The quantitative estimate of drug-likeness (QED) is 0.436. The summed E-state index contributed by atoms with van der Waals surface area (Å²) < 4.78 is 0. The molecule has 0 N–H and O–H groups in total. The van der Waals surface area contributed by atoms with E-state index in [9.17, 15) is 0 Å². The standard InChI is InChI=1S/C3H4S/c1-2-3-4/h1,3H2. The van der Waals surface area contributed by atoms with E-state index in [4.69, 9.17) is 0 Å². The molecule has 1 heteroatoms. The first-order valence-corrected chi connectivity index (χ1v) is 1.57. The highest BCUT2D eigenvalue weighted by atomic mass is 32.1. The smallest absolute Gasteiger partial charge is 0.0285 e. The molecule has 0 aromatic carbocycles. The zero-order chi connectivity index (χ0) is 3.41. The Morgan fingerprint density at radius 2 is 2.25 bits per heavy atom. The molecule has 0 saturated heterocycles. The van der Waals surface area contributed by atoms with Crippen LogP contribution in [0.1, 0.15) is 0 Å². The Bertz CT molecular complexity index is 17.2. The Balaban J connectivity index is 2.30. The van der Waals surface area contributed by atoms with Gasteiger partial charge in [0, 0.05) is 5.75 Å². The average Bonchev–Trinajstić information content (AvgIpc) is 1.37. The van der Waals surface area contributed by atoms with Gasteiger partial charge in [-0.2, -0.15) is 0 Å². The maximum atomic E-state index is 4.38. The second kappa shape index (κ2) is 3.09. The van der Waals surface area contributed by atoms with E-state index in [-0.39, 0.29) is 0 Å². The summed E-state index contributed by atoms with van der Waals surface area (Å²) in [6, 6.07) is 0. The van der Waals surface area contributed by atoms with Crippen molar-refractivity contribution in [1.29, 1.82) is 0 Å². The molecule has 0 fully saturated rings. The Morgan fingerprint density at radius 3 is 2.25 bits per heavy atom. The molecule has 0 atom stereocenters. The topological polar surface area (TPSA) is 0 Å². The second-order valence-corrected chi connectivity index (χ2v) is 0.683. The summed E-state index contributed by atoms with van der Waals surface area (Å²) in [5.74, 6) is 0.542. The van der Waals surface area contributed by atoms with Gasteiger partial charge in [0.25, 0.3) is 0 Å². The predicted molar refractivity (Wildman–Crippen MR) is 21.3 cm³/mol. The fraction of sp³-hybridized carbons (Fsp3) is 0.333. The van der Waals surface area contributed by atoms with Gasteiger partial charge in [-0.05, 0) is 6.08 Å². The Hall–Kier alpha value is 0.0900. The van der Waals surface area contributed by atoms with E-state index < -0.39 is 0 Å². The molecular formula is C3H4S. The van der Waals surface area contributed by atoms with Crippen LogP contribution in [0.4, 0.5) is 0 Å². The zero-order valence-corrected chi connectivity index (χ0v) is 3.14. The van der Waals surface area contributed by atoms with Gasteiger partial charge in [-0.25, -0.2) is 0 Å². The molecular weight excluding hydrogens is 68.1 g/mol. The van der Waals surface area contributed by atoms with Crippen LogP contribution in [0, 0.1) is 6.08 Å². The molecule has 0 aromatic heterocycles. The van der Waals surface area contributed by atoms with Crippen LogP contribution >= 0.6 is 12.6 Å². The molecule has 0 amide bonds. The van der Waals surface area contributed by atoms with E-state index in [1.54, 1.807) is 0 Å². The number of hydrogen-bond acceptors (Lipinski definition) is 0. The highest BCUT2D eigenvalue weighted by molar-refractivity contribution is 7.80. The van der Waals surface area contributed by atoms with Crippen LogP contribution < -0.4 is 0 Å². The van der Waals surface area contributed by atoms with Crippen molar-refractivity contribution in [3.05, 3.63) is 12.7 Å². The van der Waals surface area contributed by atoms with Gasteiger partial charge in [-0.3, -0.25) is 0 Å². The van der Waals surface area contributed by atoms with Gasteiger partial charge in [0.15, 0.2) is 0 Å². The average molecular weight is 72.1 g/mol. The molecule has 4 heavy (non-hydrogen) atoms. The van der Waals surface area contributed by atoms with E-state index >= 15 is 0 Å². The summed E-state index contributed by atoms with van der Waals surface area (Å²) in [5, 5.41) is 0. The van der Waals surface area contributed by atoms with Gasteiger partial charge >= 0.3 is 0 Å². The number of rotatable bonds is 1. The molecule has 0 aliphatic heterocycles. The summed E-state index contributed by atoms with van der Waals surface area (Å²) in [6.45, 7) is 3.25. The molecule has 0 aliphatic carbocycles. The highest BCUT2D eigenvalue weighted by Crippen LogP contribution is 1.64. The van der Waals surface area contributed by atoms with Crippen molar-refractivity contribution in [2.75, 3.05) is 5.75 Å². The summed E-state index contributed by atoms with van der Waals surface area (Å²) in [4.78, 5) is 0. The fourth-order valence-electron chi connectivity index (χ4n) is 0. The predicted octanol–water partition coefficient (Wildman–Crippen LogP) is 1.17. The summed E-state index contributed by atoms with van der Waals surface area (Å²) >= 11 is 4.38. The van der Waals surface area contributed by atoms with Gasteiger partial charge < -0.3 is 0 Å². The third kappa shape index (κ3) is 2.09. The first-order valence-electron chi connectivity index (χ1n) is 0.996. The van der Waals surface area contributed by atoms with Crippen LogP contribution in [-0.4, -0.2) is 5.75 Å². The van der Waals surface area contributed by atoms with Crippen molar-refractivity contribution in [3.8, 4) is 0 Å². The lowest BCUT2D eigenvalue weighted by Gasteiger charge is -1.53. The second-order valence-electron chi connectivity index (χ2n) is 0.394. The molecule has 2 radical (unpaired) electrons. The lowest BCUT2D eigenvalue weighted by molar-refractivity contribution is 1.75. The molecule has 22 valence electrons. The van der Waals surface area contributed by atoms with Crippen LogP contribution in [0.15, 0.2) is 6.58 Å². The Kier molecular flexibility index (Phi) is 3.16. The minimum Gasteiger partial charge on any atom is -0.0947 e. The van der Waals surface area contributed by atoms with E-state index in [1.807, 2.05) is 0 Å². The molecule has 0 rings (SSSR count). The van der Waals surface area contributed by atoms with Crippen LogP contribution in [-0.2, 0) is 0 Å². The largest absolute Gasteiger partial charge is 0.0947 e. The minimum atomic E-state index is 0.542. The van der Waals surface area contributed by atoms with E-state index in [1.165, 1.54) is 0 Å². The van der Waals surface area contributed by atoms with Crippen LogP contribution in [0.3, 0.4) is 0 Å². The monoisotopic (exact) mass is 72.0 g/mol. The molecule has 0 heterocycles. The summed E-state index contributed by atoms with van der Waals surface area (Å²) in [7, 11) is 0. The van der Waals surface area contributed by atoms with E-state index in [2.05, 4.69) is 25.3 Å². The van der Waals surface area contributed by atoms with E-state index in [0.29, 0.717) is 5.75 Å². The fourth-order valence-corrected chi connectivity index (χ4v) is 0. The van der Waals surface area contributed by atoms with Crippen molar-refractivity contribution >= 4 is 12.6 Å². The molecule has 0 nitrogen and oxygen atoms in total. The third-order valence-corrected chi connectivity index (χ3v) is 0.306. The van der Waals surface area contributed by atoms with Gasteiger partial charge in [-0.1, -0.05) is 19.2 Å². The molecule has 0 bridgehead atoms. The zero-order valence-electron chi connectivity index (χ0n) is 2.32. The maximum Gasteiger partial charge on any atom is 0.0285 e. The Labute approximate surface area is 31.9 Å². The third-order valence-electron chi connectivity index (χ3n) is 0.102. The lowest BCUT2D eigenvalue weighted by atomic mass is 10.8. The van der Waals surface area contributed by atoms with Gasteiger partial charge in [0.2, 0.25) is 0 Å². The van der Waals surface area contributed by atoms with Crippen LogP contribution in [0.5, 0.6) is 0 Å². The molecule has 0 aromatic rings. The lowest BCUT2D eigenvalue weighted by Crippen LogP contribution is -1.47. The summed E-state index contributed by atoms with van der Waals surface area (Å²) in [5.41, 5.74) is 0. The molecule has 0 spiro atoms. The van der Waals surface area contributed by atoms with Crippen molar-refractivity contribution in [3.63, 3.8) is 0 Å². The normalized spacial score (nSPS) is 6.25. The van der Waals surface area contributed by atoms with Gasteiger partial charge in [0.05, 0.1) is 0 Å². The highest BCUT2D eigenvalue weighted by Gasteiger charge is 1.49. The van der Waals surface area contributed by atoms with Gasteiger partial charge in [-0.15, -0.1) is 0 Å². The molecule has 0 unspecified atom stereocenters. The molecule has 0 aliphatic rings. The Morgan fingerprint density at radius 1 is 2.00 bits per heavy atom. The van der Waals surface area contributed by atoms with Crippen molar-refractivity contribution < 1.29 is 0 Å². The van der Waals surface area contributed by atoms with Gasteiger partial charge in [0.1, 0.15) is 0 Å². The minimum absolute atomic E-state index is 0.542. The first-order chi connectivity index (χ1) is 1.91. The first kappa shape index (κ1) is 4.09. The number of hydrogen-bond donors (Lipinski definition) is 0. The van der Waals surface area contributed by atoms with E-state index in [0.717, 1.165) is 0 Å².